The first-order valence-electron chi connectivity index (χ1n) is 8.66. The summed E-state index contributed by atoms with van der Waals surface area (Å²) in [6.07, 6.45) is 1.40. The number of hydrogen-bond acceptors (Lipinski definition) is 4. The van der Waals surface area contributed by atoms with Crippen molar-refractivity contribution in [1.82, 2.24) is 5.32 Å². The number of amides is 1. The lowest BCUT2D eigenvalue weighted by molar-refractivity contribution is -0.142. The van der Waals surface area contributed by atoms with Crippen LogP contribution >= 0.6 is 0 Å². The van der Waals surface area contributed by atoms with Crippen molar-refractivity contribution in [3.05, 3.63) is 0 Å². The van der Waals surface area contributed by atoms with Gasteiger partial charge in [0, 0.05) is 20.1 Å². The lowest BCUT2D eigenvalue weighted by Gasteiger charge is -2.46. The molecule has 1 aliphatic heterocycles. The molecule has 4 atom stereocenters. The molecule has 6 heteroatoms. The SMILES string of the molecule is CC(=O)NC[C@H]1O[C@@H](CCO)[C@@H](C)C[C@@H]1O[Si](C)(C)C(C)(C)C. The van der Waals surface area contributed by atoms with Crippen LogP contribution in [0.2, 0.25) is 18.1 Å². The summed E-state index contributed by atoms with van der Waals surface area (Å²) >= 11 is 0. The molecule has 1 heterocycles. The predicted molar refractivity (Wildman–Crippen MR) is 94.9 cm³/mol. The summed E-state index contributed by atoms with van der Waals surface area (Å²) in [4.78, 5) is 11.3. The molecule has 1 rings (SSSR count). The number of aliphatic hydroxyl groups is 1. The first-order valence-corrected chi connectivity index (χ1v) is 11.6. The molecule has 0 radical (unpaired) electrons. The quantitative estimate of drug-likeness (QED) is 0.726. The molecule has 0 aromatic carbocycles. The van der Waals surface area contributed by atoms with Gasteiger partial charge in [-0.3, -0.25) is 4.79 Å². The van der Waals surface area contributed by atoms with E-state index in [0.29, 0.717) is 18.9 Å². The monoisotopic (exact) mass is 345 g/mol. The highest BCUT2D eigenvalue weighted by Gasteiger charge is 2.44. The van der Waals surface area contributed by atoms with Crippen molar-refractivity contribution in [2.75, 3.05) is 13.2 Å². The third-order valence-corrected chi connectivity index (χ3v) is 9.73. The van der Waals surface area contributed by atoms with E-state index in [2.05, 4.69) is 46.1 Å². The molecule has 136 valence electrons. The zero-order chi connectivity index (χ0) is 17.8. The van der Waals surface area contributed by atoms with Crippen LogP contribution in [0.15, 0.2) is 0 Å². The second kappa shape index (κ2) is 8.10. The van der Waals surface area contributed by atoms with E-state index in [9.17, 15) is 9.90 Å². The van der Waals surface area contributed by atoms with Crippen molar-refractivity contribution in [2.24, 2.45) is 5.92 Å². The number of nitrogens with one attached hydrogen (secondary N) is 1. The molecule has 1 fully saturated rings. The van der Waals surface area contributed by atoms with E-state index in [1.165, 1.54) is 6.92 Å². The molecule has 5 nitrogen and oxygen atoms in total. The normalized spacial score (nSPS) is 29.4. The molecule has 0 spiro atoms. The fourth-order valence-corrected chi connectivity index (χ4v) is 4.06. The van der Waals surface area contributed by atoms with E-state index in [4.69, 9.17) is 9.16 Å². The van der Waals surface area contributed by atoms with Crippen molar-refractivity contribution >= 4 is 14.2 Å². The van der Waals surface area contributed by atoms with Gasteiger partial charge in [-0.2, -0.15) is 0 Å². The Bertz CT molecular complexity index is 395. The molecule has 0 saturated carbocycles. The van der Waals surface area contributed by atoms with Gasteiger partial charge in [-0.25, -0.2) is 0 Å². The Kier molecular flexibility index (Phi) is 7.26. The molecule has 23 heavy (non-hydrogen) atoms. The molecule has 0 aromatic heterocycles. The zero-order valence-electron chi connectivity index (χ0n) is 15.8. The van der Waals surface area contributed by atoms with Crippen molar-refractivity contribution in [3.63, 3.8) is 0 Å². The molecule has 2 N–H and O–H groups in total. The van der Waals surface area contributed by atoms with Gasteiger partial charge in [0.2, 0.25) is 5.91 Å². The highest BCUT2D eigenvalue weighted by atomic mass is 28.4. The van der Waals surface area contributed by atoms with E-state index < -0.39 is 8.32 Å². The van der Waals surface area contributed by atoms with Crippen LogP contribution in [0.4, 0.5) is 0 Å². The minimum Gasteiger partial charge on any atom is -0.411 e. The minimum absolute atomic E-state index is 0.00677. The van der Waals surface area contributed by atoms with E-state index in [1.54, 1.807) is 0 Å². The highest BCUT2D eigenvalue weighted by Crippen LogP contribution is 2.40. The van der Waals surface area contributed by atoms with Gasteiger partial charge in [-0.1, -0.05) is 27.7 Å². The fraction of sp³-hybridized carbons (Fsp3) is 0.941. The van der Waals surface area contributed by atoms with Gasteiger partial charge in [0.25, 0.3) is 0 Å². The van der Waals surface area contributed by atoms with Crippen LogP contribution in [0, 0.1) is 5.92 Å². The Morgan fingerprint density at radius 1 is 1.35 bits per heavy atom. The number of carbonyl (C=O) groups excluding carboxylic acids is 1. The van der Waals surface area contributed by atoms with Crippen LogP contribution < -0.4 is 5.32 Å². The summed E-state index contributed by atoms with van der Waals surface area (Å²) in [6.45, 7) is 15.4. The second-order valence-corrected chi connectivity index (χ2v) is 13.0. The molecule has 0 aromatic rings. The predicted octanol–water partition coefficient (Wildman–Crippen LogP) is 2.69. The molecular weight excluding hydrogens is 310 g/mol. The molecule has 1 amide bonds. The standard InChI is InChI=1S/C17H35NO4Si/c1-12-10-15(22-23(6,7)17(3,4)5)16(11-18-13(2)20)21-14(12)8-9-19/h12,14-16,19H,8-11H2,1-7H3,(H,18,20)/t12-,14-,15-,16+/m0/s1. The molecule has 0 aliphatic carbocycles. The van der Waals surface area contributed by atoms with Crippen LogP contribution in [0.3, 0.4) is 0 Å². The number of ether oxygens (including phenoxy) is 1. The Labute approximate surface area is 142 Å². The first kappa shape index (κ1) is 20.6. The maximum Gasteiger partial charge on any atom is 0.216 e. The minimum atomic E-state index is -1.90. The van der Waals surface area contributed by atoms with Gasteiger partial charge in [-0.05, 0) is 36.9 Å². The van der Waals surface area contributed by atoms with Crippen LogP contribution in [-0.4, -0.2) is 50.8 Å². The summed E-state index contributed by atoms with van der Waals surface area (Å²) in [5, 5.41) is 12.2. The van der Waals surface area contributed by atoms with Crippen molar-refractivity contribution < 1.29 is 19.1 Å². The topological polar surface area (TPSA) is 67.8 Å². The lowest BCUT2D eigenvalue weighted by Crippen LogP contribution is -2.55. The van der Waals surface area contributed by atoms with E-state index in [0.717, 1.165) is 6.42 Å². The second-order valence-electron chi connectivity index (χ2n) is 8.29. The average molecular weight is 346 g/mol. The average Bonchev–Trinajstić information content (AvgIpc) is 2.38. The highest BCUT2D eigenvalue weighted by molar-refractivity contribution is 6.74. The largest absolute Gasteiger partial charge is 0.411 e. The van der Waals surface area contributed by atoms with Crippen molar-refractivity contribution in [2.45, 2.75) is 83.9 Å². The van der Waals surface area contributed by atoms with E-state index in [1.807, 2.05) is 0 Å². The van der Waals surface area contributed by atoms with Crippen LogP contribution in [0.25, 0.3) is 0 Å². The Morgan fingerprint density at radius 3 is 2.43 bits per heavy atom. The summed E-state index contributed by atoms with van der Waals surface area (Å²) in [7, 11) is -1.90. The third-order valence-electron chi connectivity index (χ3n) is 5.22. The van der Waals surface area contributed by atoms with Gasteiger partial charge in [0.1, 0.15) is 6.10 Å². The van der Waals surface area contributed by atoms with Gasteiger partial charge >= 0.3 is 0 Å². The maximum absolute atomic E-state index is 11.3. The Hall–Kier alpha value is -0.433. The summed E-state index contributed by atoms with van der Waals surface area (Å²) in [5.74, 6) is 0.280. The molecular formula is C17H35NO4Si. The van der Waals surface area contributed by atoms with Gasteiger partial charge in [-0.15, -0.1) is 0 Å². The van der Waals surface area contributed by atoms with Crippen molar-refractivity contribution in [3.8, 4) is 0 Å². The van der Waals surface area contributed by atoms with Gasteiger partial charge in [0.05, 0.1) is 12.2 Å². The smallest absolute Gasteiger partial charge is 0.216 e. The van der Waals surface area contributed by atoms with Gasteiger partial charge < -0.3 is 19.6 Å². The molecule has 0 unspecified atom stereocenters. The lowest BCUT2D eigenvalue weighted by atomic mass is 9.89. The van der Waals surface area contributed by atoms with E-state index in [-0.39, 0.29) is 35.9 Å². The molecule has 1 saturated heterocycles. The molecule has 0 bridgehead atoms. The third kappa shape index (κ3) is 5.85. The summed E-state index contributed by atoms with van der Waals surface area (Å²) in [6, 6.07) is 0. The van der Waals surface area contributed by atoms with Crippen LogP contribution in [-0.2, 0) is 14.0 Å². The number of aliphatic hydroxyl groups excluding tert-OH is 1. The Balaban J connectivity index is 2.85. The fourth-order valence-electron chi connectivity index (χ4n) is 2.70. The number of carbonyl (C=O) groups is 1. The van der Waals surface area contributed by atoms with Crippen LogP contribution in [0.1, 0.15) is 47.5 Å². The molecule has 1 aliphatic rings. The first-order chi connectivity index (χ1) is 10.5. The van der Waals surface area contributed by atoms with Gasteiger partial charge in [0.15, 0.2) is 8.32 Å². The van der Waals surface area contributed by atoms with Crippen LogP contribution in [0.5, 0.6) is 0 Å². The Morgan fingerprint density at radius 2 is 1.96 bits per heavy atom. The number of hydrogen-bond donors (Lipinski definition) is 2. The van der Waals surface area contributed by atoms with Crippen molar-refractivity contribution in [1.29, 1.82) is 0 Å². The summed E-state index contributed by atoms with van der Waals surface area (Å²) < 4.78 is 12.8. The summed E-state index contributed by atoms with van der Waals surface area (Å²) in [5.41, 5.74) is 0. The zero-order valence-corrected chi connectivity index (χ0v) is 16.8. The maximum atomic E-state index is 11.3. The van der Waals surface area contributed by atoms with E-state index >= 15 is 0 Å². The number of rotatable bonds is 6.